The van der Waals surface area contributed by atoms with Gasteiger partial charge in [0.2, 0.25) is 5.91 Å². The molecule has 0 spiro atoms. The molecule has 4 heteroatoms. The molecular weight excluding hydrogens is 351 g/mol. The summed E-state index contributed by atoms with van der Waals surface area (Å²) in [6.45, 7) is 2.42. The number of likely N-dealkylation sites (tertiary alicyclic amines) is 1. The minimum Gasteiger partial charge on any atom is -0.324 e. The zero-order valence-electron chi connectivity index (χ0n) is 16.8. The molecule has 4 saturated carbocycles. The third kappa shape index (κ3) is 3.60. The van der Waals surface area contributed by atoms with Crippen LogP contribution in [0.1, 0.15) is 64.2 Å². The van der Waals surface area contributed by atoms with Crippen molar-refractivity contribution in [2.45, 2.75) is 69.7 Å². The van der Waals surface area contributed by atoms with Crippen molar-refractivity contribution in [1.29, 1.82) is 0 Å². The normalized spacial score (nSPS) is 37.2. The fraction of sp³-hybridized carbons (Fsp3) is 0.708. The van der Waals surface area contributed by atoms with Crippen molar-refractivity contribution in [2.24, 2.45) is 23.7 Å². The lowest BCUT2D eigenvalue weighted by Gasteiger charge is -2.61. The molecule has 1 aliphatic heterocycles. The van der Waals surface area contributed by atoms with E-state index in [0.29, 0.717) is 23.6 Å². The average molecular weight is 385 g/mol. The van der Waals surface area contributed by atoms with Crippen LogP contribution in [0.2, 0.25) is 0 Å². The lowest BCUT2D eigenvalue weighted by Crippen LogP contribution is -2.61. The van der Waals surface area contributed by atoms with Crippen molar-refractivity contribution < 1.29 is 9.18 Å². The highest BCUT2D eigenvalue weighted by atomic mass is 19.1. The number of piperidine rings is 1. The van der Waals surface area contributed by atoms with Gasteiger partial charge in [0.1, 0.15) is 5.82 Å². The van der Waals surface area contributed by atoms with Gasteiger partial charge >= 0.3 is 0 Å². The molecule has 0 aromatic heterocycles. The van der Waals surface area contributed by atoms with Crippen LogP contribution in [0.3, 0.4) is 0 Å². The van der Waals surface area contributed by atoms with Crippen LogP contribution in [0.5, 0.6) is 0 Å². The van der Waals surface area contributed by atoms with Gasteiger partial charge in [0.15, 0.2) is 0 Å². The molecule has 1 N–H and O–H groups in total. The topological polar surface area (TPSA) is 32.3 Å². The van der Waals surface area contributed by atoms with E-state index in [0.717, 1.165) is 24.2 Å². The summed E-state index contributed by atoms with van der Waals surface area (Å²) >= 11 is 0. The Kier molecular flexibility index (Phi) is 4.94. The summed E-state index contributed by atoms with van der Waals surface area (Å²) in [6, 6.07) is 6.41. The van der Waals surface area contributed by atoms with Gasteiger partial charge < -0.3 is 5.32 Å². The number of hydrogen-bond acceptors (Lipinski definition) is 2. The van der Waals surface area contributed by atoms with Crippen molar-refractivity contribution >= 4 is 11.6 Å². The Morgan fingerprint density at radius 1 is 1.11 bits per heavy atom. The number of rotatable bonds is 5. The molecule has 6 rings (SSSR count). The van der Waals surface area contributed by atoms with Crippen LogP contribution < -0.4 is 5.32 Å². The molecule has 4 bridgehead atoms. The largest absolute Gasteiger partial charge is 0.324 e. The molecule has 5 aliphatic rings. The number of benzene rings is 1. The smallest absolute Gasteiger partial charge is 0.224 e. The second-order valence-electron chi connectivity index (χ2n) is 10.2. The van der Waals surface area contributed by atoms with Crippen molar-refractivity contribution in [3.05, 3.63) is 30.1 Å². The van der Waals surface area contributed by atoms with Crippen LogP contribution in [-0.4, -0.2) is 29.4 Å². The van der Waals surface area contributed by atoms with E-state index in [9.17, 15) is 9.18 Å². The number of nitrogens with one attached hydrogen (secondary N) is 1. The van der Waals surface area contributed by atoms with Crippen molar-refractivity contribution in [1.82, 2.24) is 4.90 Å². The number of carbonyl (C=O) groups is 1. The van der Waals surface area contributed by atoms with Crippen molar-refractivity contribution in [3.8, 4) is 0 Å². The fourth-order valence-corrected chi connectivity index (χ4v) is 7.29. The molecule has 1 amide bonds. The lowest BCUT2D eigenvalue weighted by atomic mass is 9.52. The third-order valence-corrected chi connectivity index (χ3v) is 8.12. The van der Waals surface area contributed by atoms with Gasteiger partial charge in [0.25, 0.3) is 0 Å². The van der Waals surface area contributed by atoms with Gasteiger partial charge in [0.05, 0.1) is 5.69 Å². The monoisotopic (exact) mass is 384 g/mol. The van der Waals surface area contributed by atoms with E-state index in [2.05, 4.69) is 10.2 Å². The van der Waals surface area contributed by atoms with Crippen LogP contribution in [-0.2, 0) is 4.79 Å². The summed E-state index contributed by atoms with van der Waals surface area (Å²) in [6.07, 6.45) is 12.7. The average Bonchev–Trinajstić information content (AvgIpc) is 2.67. The van der Waals surface area contributed by atoms with E-state index in [1.165, 1.54) is 70.5 Å². The quantitative estimate of drug-likeness (QED) is 0.754. The summed E-state index contributed by atoms with van der Waals surface area (Å²) in [7, 11) is 0. The van der Waals surface area contributed by atoms with E-state index in [-0.39, 0.29) is 11.7 Å². The van der Waals surface area contributed by atoms with E-state index >= 15 is 0 Å². The van der Waals surface area contributed by atoms with Crippen LogP contribution in [0, 0.1) is 29.5 Å². The number of nitrogens with zero attached hydrogens (tertiary/aromatic N) is 1. The molecular formula is C24H33FN2O. The van der Waals surface area contributed by atoms with E-state index < -0.39 is 0 Å². The highest BCUT2D eigenvalue weighted by molar-refractivity contribution is 5.90. The number of amides is 1. The number of carbonyl (C=O) groups excluding carboxylic acids is 1. The molecule has 1 heterocycles. The van der Waals surface area contributed by atoms with Crippen LogP contribution in [0.4, 0.5) is 10.1 Å². The zero-order chi connectivity index (χ0) is 19.1. The Labute approximate surface area is 168 Å². The molecule has 152 valence electrons. The molecule has 1 aromatic rings. The number of anilines is 1. The van der Waals surface area contributed by atoms with Crippen molar-refractivity contribution in [2.75, 3.05) is 18.4 Å². The standard InChI is InChI=1S/C24H33FN2O/c25-21-5-1-2-6-22(21)26-23(28)8-7-17-4-3-9-27(16-17)24-13-18-10-19(14-24)12-20(11-18)15-24/h1-2,5-6,17-20H,3-4,7-16H2,(H,26,28)/t17-,18?,19?,20?,24?/m1/s1. The Morgan fingerprint density at radius 3 is 2.46 bits per heavy atom. The third-order valence-electron chi connectivity index (χ3n) is 8.12. The maximum Gasteiger partial charge on any atom is 0.224 e. The van der Waals surface area contributed by atoms with Gasteiger partial charge in [-0.1, -0.05) is 12.1 Å². The highest BCUT2D eigenvalue weighted by Crippen LogP contribution is 2.58. The van der Waals surface area contributed by atoms with E-state index in [4.69, 9.17) is 0 Å². The second-order valence-corrected chi connectivity index (χ2v) is 10.2. The molecule has 0 radical (unpaired) electrons. The predicted octanol–water partition coefficient (Wildman–Crippen LogP) is 5.23. The molecule has 5 fully saturated rings. The SMILES string of the molecule is O=C(CC[C@H]1CCCN(C23CC4CC(CC(C4)C2)C3)C1)Nc1ccccc1F. The molecule has 1 aromatic carbocycles. The highest BCUT2D eigenvalue weighted by Gasteiger charge is 2.53. The van der Waals surface area contributed by atoms with Gasteiger partial charge in [0, 0.05) is 18.5 Å². The molecule has 1 atom stereocenters. The molecule has 0 unspecified atom stereocenters. The zero-order valence-corrected chi connectivity index (χ0v) is 16.8. The number of hydrogen-bond donors (Lipinski definition) is 1. The number of para-hydroxylation sites is 1. The van der Waals surface area contributed by atoms with Gasteiger partial charge in [-0.05, 0) is 100 Å². The maximum absolute atomic E-state index is 13.7. The Bertz CT molecular complexity index is 698. The van der Waals surface area contributed by atoms with Gasteiger partial charge in [-0.3, -0.25) is 9.69 Å². The van der Waals surface area contributed by atoms with Gasteiger partial charge in [-0.2, -0.15) is 0 Å². The first kappa shape index (κ1) is 18.6. The van der Waals surface area contributed by atoms with Crippen LogP contribution in [0.15, 0.2) is 24.3 Å². The molecule has 28 heavy (non-hydrogen) atoms. The first-order valence-electron chi connectivity index (χ1n) is 11.4. The summed E-state index contributed by atoms with van der Waals surface area (Å²) in [5, 5.41) is 2.74. The summed E-state index contributed by atoms with van der Waals surface area (Å²) in [4.78, 5) is 15.2. The Balaban J connectivity index is 1.17. The minimum atomic E-state index is -0.360. The summed E-state index contributed by atoms with van der Waals surface area (Å²) in [5.41, 5.74) is 0.786. The van der Waals surface area contributed by atoms with Crippen LogP contribution >= 0.6 is 0 Å². The lowest BCUT2D eigenvalue weighted by molar-refractivity contribution is -0.117. The Hall–Kier alpha value is -1.42. The maximum atomic E-state index is 13.7. The molecule has 4 aliphatic carbocycles. The van der Waals surface area contributed by atoms with Gasteiger partial charge in [-0.15, -0.1) is 0 Å². The second kappa shape index (κ2) is 7.44. The van der Waals surface area contributed by atoms with Gasteiger partial charge in [-0.25, -0.2) is 4.39 Å². The summed E-state index contributed by atoms with van der Waals surface area (Å²) < 4.78 is 13.7. The predicted molar refractivity (Wildman–Crippen MR) is 109 cm³/mol. The first-order valence-corrected chi connectivity index (χ1v) is 11.4. The molecule has 3 nitrogen and oxygen atoms in total. The van der Waals surface area contributed by atoms with E-state index in [1.54, 1.807) is 18.2 Å². The number of halogens is 1. The summed E-state index contributed by atoms with van der Waals surface area (Å²) in [5.74, 6) is 3.14. The fourth-order valence-electron chi connectivity index (χ4n) is 7.29. The van der Waals surface area contributed by atoms with Crippen molar-refractivity contribution in [3.63, 3.8) is 0 Å². The van der Waals surface area contributed by atoms with Crippen LogP contribution in [0.25, 0.3) is 0 Å². The Morgan fingerprint density at radius 2 is 1.79 bits per heavy atom. The molecule has 1 saturated heterocycles. The van der Waals surface area contributed by atoms with E-state index in [1.807, 2.05) is 0 Å². The minimum absolute atomic E-state index is 0.0583. The first-order chi connectivity index (χ1) is 13.6.